The summed E-state index contributed by atoms with van der Waals surface area (Å²) in [5.41, 5.74) is 1.21. The SMILES string of the molecule is COc1ccccc1CNC(=O)COC(=O)c1ccc(OCCC(C)C)cc1. The van der Waals surface area contributed by atoms with Crippen LogP contribution in [0.1, 0.15) is 36.2 Å². The Kier molecular flexibility index (Phi) is 8.34. The van der Waals surface area contributed by atoms with Crippen LogP contribution in [-0.2, 0) is 16.1 Å². The average Bonchev–Trinajstić information content (AvgIpc) is 2.71. The summed E-state index contributed by atoms with van der Waals surface area (Å²) in [5, 5.41) is 2.71. The van der Waals surface area contributed by atoms with E-state index in [4.69, 9.17) is 14.2 Å². The van der Waals surface area contributed by atoms with Crippen LogP contribution in [0.2, 0.25) is 0 Å². The Morgan fingerprint density at radius 3 is 2.43 bits per heavy atom. The summed E-state index contributed by atoms with van der Waals surface area (Å²) >= 11 is 0. The number of nitrogens with one attached hydrogen (secondary N) is 1. The minimum Gasteiger partial charge on any atom is -0.496 e. The van der Waals surface area contributed by atoms with E-state index in [0.29, 0.717) is 36.1 Å². The Hall–Kier alpha value is -3.02. The highest BCUT2D eigenvalue weighted by atomic mass is 16.5. The standard InChI is InChI=1S/C22H27NO5/c1-16(2)12-13-27-19-10-8-17(9-11-19)22(25)28-15-21(24)23-14-18-6-4-5-7-20(18)26-3/h4-11,16H,12-15H2,1-3H3,(H,23,24). The zero-order chi connectivity index (χ0) is 20.4. The van der Waals surface area contributed by atoms with E-state index in [1.807, 2.05) is 24.3 Å². The van der Waals surface area contributed by atoms with Gasteiger partial charge in [-0.25, -0.2) is 4.79 Å². The molecule has 2 rings (SSSR count). The van der Waals surface area contributed by atoms with Crippen LogP contribution >= 0.6 is 0 Å². The highest BCUT2D eigenvalue weighted by molar-refractivity contribution is 5.91. The molecule has 0 spiro atoms. The van der Waals surface area contributed by atoms with E-state index in [2.05, 4.69) is 19.2 Å². The number of para-hydroxylation sites is 1. The van der Waals surface area contributed by atoms with Crippen LogP contribution < -0.4 is 14.8 Å². The van der Waals surface area contributed by atoms with E-state index < -0.39 is 5.97 Å². The Bertz CT molecular complexity index is 771. The number of hydrogen-bond acceptors (Lipinski definition) is 5. The third-order valence-corrected chi connectivity index (χ3v) is 4.06. The average molecular weight is 385 g/mol. The molecule has 1 amide bonds. The second-order valence-corrected chi connectivity index (χ2v) is 6.72. The number of rotatable bonds is 10. The lowest BCUT2D eigenvalue weighted by Crippen LogP contribution is -2.28. The third-order valence-electron chi connectivity index (χ3n) is 4.06. The maximum atomic E-state index is 12.1. The second-order valence-electron chi connectivity index (χ2n) is 6.72. The van der Waals surface area contributed by atoms with Crippen LogP contribution in [-0.4, -0.2) is 32.2 Å². The van der Waals surface area contributed by atoms with Crippen LogP contribution in [0.4, 0.5) is 0 Å². The molecule has 0 aliphatic heterocycles. The Balaban J connectivity index is 1.75. The number of carbonyl (C=O) groups is 2. The van der Waals surface area contributed by atoms with Crippen molar-refractivity contribution >= 4 is 11.9 Å². The van der Waals surface area contributed by atoms with Crippen molar-refractivity contribution in [1.82, 2.24) is 5.32 Å². The van der Waals surface area contributed by atoms with E-state index >= 15 is 0 Å². The molecular formula is C22H27NO5. The van der Waals surface area contributed by atoms with Gasteiger partial charge >= 0.3 is 5.97 Å². The van der Waals surface area contributed by atoms with Crippen molar-refractivity contribution in [3.8, 4) is 11.5 Å². The number of esters is 1. The van der Waals surface area contributed by atoms with Gasteiger partial charge in [-0.2, -0.15) is 0 Å². The van der Waals surface area contributed by atoms with Crippen molar-refractivity contribution in [2.75, 3.05) is 20.3 Å². The molecule has 0 heterocycles. The van der Waals surface area contributed by atoms with Crippen molar-refractivity contribution in [3.63, 3.8) is 0 Å². The van der Waals surface area contributed by atoms with Gasteiger partial charge in [0.05, 0.1) is 19.3 Å². The van der Waals surface area contributed by atoms with Crippen LogP contribution in [0.3, 0.4) is 0 Å². The molecule has 0 atom stereocenters. The minimum atomic E-state index is -0.554. The van der Waals surface area contributed by atoms with Gasteiger partial charge in [0.15, 0.2) is 6.61 Å². The Morgan fingerprint density at radius 1 is 1.04 bits per heavy atom. The molecule has 0 aliphatic carbocycles. The van der Waals surface area contributed by atoms with Crippen LogP contribution in [0.5, 0.6) is 11.5 Å². The number of carbonyl (C=O) groups excluding carboxylic acids is 2. The maximum Gasteiger partial charge on any atom is 0.338 e. The molecule has 0 aliphatic rings. The number of amides is 1. The predicted molar refractivity (Wildman–Crippen MR) is 107 cm³/mol. The molecule has 6 nitrogen and oxygen atoms in total. The summed E-state index contributed by atoms with van der Waals surface area (Å²) in [6.45, 7) is 4.85. The Labute approximate surface area is 165 Å². The van der Waals surface area contributed by atoms with E-state index in [-0.39, 0.29) is 12.5 Å². The third kappa shape index (κ3) is 6.95. The molecule has 0 aromatic heterocycles. The van der Waals surface area contributed by atoms with Crippen molar-refractivity contribution < 1.29 is 23.8 Å². The summed E-state index contributed by atoms with van der Waals surface area (Å²) in [4.78, 5) is 24.0. The van der Waals surface area contributed by atoms with Gasteiger partial charge in [0.2, 0.25) is 0 Å². The van der Waals surface area contributed by atoms with E-state index in [1.54, 1.807) is 31.4 Å². The maximum absolute atomic E-state index is 12.1. The lowest BCUT2D eigenvalue weighted by atomic mass is 10.1. The summed E-state index contributed by atoms with van der Waals surface area (Å²) < 4.78 is 15.9. The summed E-state index contributed by atoms with van der Waals surface area (Å²) in [7, 11) is 1.57. The van der Waals surface area contributed by atoms with Crippen LogP contribution in [0, 0.1) is 5.92 Å². The minimum absolute atomic E-state index is 0.294. The molecule has 0 radical (unpaired) electrons. The van der Waals surface area contributed by atoms with E-state index in [0.717, 1.165) is 12.0 Å². The molecule has 150 valence electrons. The number of ether oxygens (including phenoxy) is 3. The molecule has 28 heavy (non-hydrogen) atoms. The summed E-state index contributed by atoms with van der Waals surface area (Å²) in [5.74, 6) is 1.03. The van der Waals surface area contributed by atoms with Gasteiger partial charge in [-0.3, -0.25) is 4.79 Å². The Morgan fingerprint density at radius 2 is 1.75 bits per heavy atom. The first-order valence-electron chi connectivity index (χ1n) is 9.28. The summed E-state index contributed by atoms with van der Waals surface area (Å²) in [6, 6.07) is 14.1. The fourth-order valence-electron chi connectivity index (χ4n) is 2.41. The number of methoxy groups -OCH3 is 1. The van der Waals surface area contributed by atoms with Crippen molar-refractivity contribution in [1.29, 1.82) is 0 Å². The normalized spacial score (nSPS) is 10.4. The fourth-order valence-corrected chi connectivity index (χ4v) is 2.41. The molecule has 6 heteroatoms. The molecular weight excluding hydrogens is 358 g/mol. The van der Waals surface area contributed by atoms with E-state index in [9.17, 15) is 9.59 Å². The first-order valence-corrected chi connectivity index (χ1v) is 9.28. The van der Waals surface area contributed by atoms with Crippen molar-refractivity contribution in [2.24, 2.45) is 5.92 Å². The fraction of sp³-hybridized carbons (Fsp3) is 0.364. The zero-order valence-electron chi connectivity index (χ0n) is 16.6. The molecule has 0 bridgehead atoms. The lowest BCUT2D eigenvalue weighted by molar-refractivity contribution is -0.124. The molecule has 0 saturated carbocycles. The molecule has 0 fully saturated rings. The van der Waals surface area contributed by atoms with Crippen molar-refractivity contribution in [2.45, 2.75) is 26.8 Å². The van der Waals surface area contributed by atoms with Crippen LogP contribution in [0.25, 0.3) is 0 Å². The lowest BCUT2D eigenvalue weighted by Gasteiger charge is -2.10. The van der Waals surface area contributed by atoms with Gasteiger partial charge < -0.3 is 19.5 Å². The van der Waals surface area contributed by atoms with E-state index in [1.165, 1.54) is 0 Å². The largest absolute Gasteiger partial charge is 0.496 e. The summed E-state index contributed by atoms with van der Waals surface area (Å²) in [6.07, 6.45) is 0.966. The second kappa shape index (κ2) is 11.0. The first kappa shape index (κ1) is 21.3. The molecule has 2 aromatic rings. The molecule has 1 N–H and O–H groups in total. The molecule has 0 saturated heterocycles. The van der Waals surface area contributed by atoms with Gasteiger partial charge in [0, 0.05) is 12.1 Å². The monoisotopic (exact) mass is 385 g/mol. The number of benzene rings is 2. The highest BCUT2D eigenvalue weighted by Gasteiger charge is 2.11. The molecule has 2 aromatic carbocycles. The quantitative estimate of drug-likeness (QED) is 0.633. The van der Waals surface area contributed by atoms with Gasteiger partial charge in [-0.05, 0) is 42.7 Å². The van der Waals surface area contributed by atoms with Crippen LogP contribution in [0.15, 0.2) is 48.5 Å². The molecule has 0 unspecified atom stereocenters. The zero-order valence-corrected chi connectivity index (χ0v) is 16.6. The smallest absolute Gasteiger partial charge is 0.338 e. The van der Waals surface area contributed by atoms with Gasteiger partial charge in [-0.15, -0.1) is 0 Å². The predicted octanol–water partition coefficient (Wildman–Crippen LogP) is 3.59. The van der Waals surface area contributed by atoms with Gasteiger partial charge in [0.25, 0.3) is 5.91 Å². The topological polar surface area (TPSA) is 73.9 Å². The number of hydrogen-bond donors (Lipinski definition) is 1. The van der Waals surface area contributed by atoms with Crippen molar-refractivity contribution in [3.05, 3.63) is 59.7 Å². The van der Waals surface area contributed by atoms with Gasteiger partial charge in [-0.1, -0.05) is 32.0 Å². The highest BCUT2D eigenvalue weighted by Crippen LogP contribution is 2.17. The first-order chi connectivity index (χ1) is 13.5. The van der Waals surface area contributed by atoms with Gasteiger partial charge in [0.1, 0.15) is 11.5 Å².